The molecule has 0 aliphatic rings. The molecule has 0 aliphatic heterocycles. The van der Waals surface area contributed by atoms with Crippen molar-refractivity contribution in [2.75, 3.05) is 19.0 Å². The van der Waals surface area contributed by atoms with Gasteiger partial charge in [0.1, 0.15) is 5.82 Å². The number of nitrogens with one attached hydrogen (secondary N) is 2. The lowest BCUT2D eigenvalue weighted by atomic mass is 10.0. The summed E-state index contributed by atoms with van der Waals surface area (Å²) in [5, 5.41) is 5.55. The predicted octanol–water partition coefficient (Wildman–Crippen LogP) is 3.77. The first-order valence-corrected chi connectivity index (χ1v) is 8.93. The van der Waals surface area contributed by atoms with E-state index in [0.717, 1.165) is 6.42 Å². The number of benzene rings is 2. The van der Waals surface area contributed by atoms with Crippen molar-refractivity contribution in [1.82, 2.24) is 5.32 Å². The lowest BCUT2D eigenvalue weighted by molar-refractivity contribution is -0.118. The number of anilines is 1. The maximum atomic E-state index is 12.9. The average Bonchev–Trinajstić information content (AvgIpc) is 2.67. The van der Waals surface area contributed by atoms with Crippen molar-refractivity contribution in [2.45, 2.75) is 32.7 Å². The molecule has 0 saturated carbocycles. The highest BCUT2D eigenvalue weighted by atomic mass is 19.1. The monoisotopic (exact) mass is 388 g/mol. The van der Waals surface area contributed by atoms with Gasteiger partial charge in [0.05, 0.1) is 7.11 Å². The molecule has 0 heterocycles. The number of halogens is 1. The number of amides is 2. The Kier molecular flexibility index (Phi) is 6.98. The molecule has 0 aliphatic carbocycles. The van der Waals surface area contributed by atoms with E-state index < -0.39 is 5.91 Å². The topological polar surface area (TPSA) is 76.7 Å². The summed E-state index contributed by atoms with van der Waals surface area (Å²) in [7, 11) is 1.46. The van der Waals surface area contributed by atoms with Crippen LogP contribution in [0.25, 0.3) is 0 Å². The molecule has 0 unspecified atom stereocenters. The summed E-state index contributed by atoms with van der Waals surface area (Å²) in [6, 6.07) is 10.2. The van der Waals surface area contributed by atoms with Gasteiger partial charge in [-0.25, -0.2) is 4.39 Å². The van der Waals surface area contributed by atoms with Crippen LogP contribution in [-0.2, 0) is 4.79 Å². The van der Waals surface area contributed by atoms with E-state index in [4.69, 9.17) is 9.47 Å². The first-order chi connectivity index (χ1) is 13.2. The van der Waals surface area contributed by atoms with Gasteiger partial charge >= 0.3 is 0 Å². The zero-order valence-electron chi connectivity index (χ0n) is 16.5. The van der Waals surface area contributed by atoms with Crippen LogP contribution in [-0.4, -0.2) is 31.1 Å². The average molecular weight is 388 g/mol. The van der Waals surface area contributed by atoms with Crippen molar-refractivity contribution >= 4 is 17.5 Å². The zero-order valence-corrected chi connectivity index (χ0v) is 16.5. The van der Waals surface area contributed by atoms with E-state index in [1.165, 1.54) is 31.4 Å². The van der Waals surface area contributed by atoms with Crippen molar-refractivity contribution in [1.29, 1.82) is 0 Å². The standard InChI is InChI=1S/C21H25FN2O4/c1-5-21(2,3)24-20(26)14-6-11-17(18(12-14)27-4)28-13-19(25)23-16-9-7-15(22)8-10-16/h6-12H,5,13H2,1-4H3,(H,23,25)(H,24,26). The molecule has 2 N–H and O–H groups in total. The van der Waals surface area contributed by atoms with Crippen molar-refractivity contribution in [3.63, 3.8) is 0 Å². The normalized spacial score (nSPS) is 10.9. The second-order valence-electron chi connectivity index (χ2n) is 6.90. The molecule has 2 aromatic carbocycles. The Labute approximate surface area is 164 Å². The van der Waals surface area contributed by atoms with Gasteiger partial charge in [-0.1, -0.05) is 6.92 Å². The molecule has 7 heteroatoms. The molecule has 28 heavy (non-hydrogen) atoms. The number of ether oxygens (including phenoxy) is 2. The van der Waals surface area contributed by atoms with Crippen molar-refractivity contribution < 1.29 is 23.5 Å². The number of hydrogen-bond acceptors (Lipinski definition) is 4. The van der Waals surface area contributed by atoms with E-state index in [0.29, 0.717) is 22.7 Å². The number of carbonyl (C=O) groups is 2. The highest BCUT2D eigenvalue weighted by Gasteiger charge is 2.20. The van der Waals surface area contributed by atoms with Crippen LogP contribution in [0.5, 0.6) is 11.5 Å². The molecule has 0 atom stereocenters. The first kappa shape index (κ1) is 21.2. The first-order valence-electron chi connectivity index (χ1n) is 8.93. The summed E-state index contributed by atoms with van der Waals surface area (Å²) in [5.41, 5.74) is 0.576. The quantitative estimate of drug-likeness (QED) is 0.722. The molecule has 2 aromatic rings. The fourth-order valence-corrected chi connectivity index (χ4v) is 2.27. The van der Waals surface area contributed by atoms with E-state index in [1.54, 1.807) is 18.2 Å². The Balaban J connectivity index is 2.00. The van der Waals surface area contributed by atoms with Crippen LogP contribution in [0.4, 0.5) is 10.1 Å². The molecular weight excluding hydrogens is 363 g/mol. The molecule has 6 nitrogen and oxygen atoms in total. The Morgan fingerprint density at radius 2 is 1.75 bits per heavy atom. The molecule has 0 radical (unpaired) electrons. The zero-order chi connectivity index (χ0) is 20.7. The summed E-state index contributed by atoms with van der Waals surface area (Å²) in [6.45, 7) is 5.62. The molecule has 150 valence electrons. The van der Waals surface area contributed by atoms with Gasteiger partial charge in [-0.2, -0.15) is 0 Å². The van der Waals surface area contributed by atoms with Crippen molar-refractivity contribution in [3.05, 3.63) is 53.8 Å². The van der Waals surface area contributed by atoms with Gasteiger partial charge in [0.2, 0.25) is 0 Å². The summed E-state index contributed by atoms with van der Waals surface area (Å²) in [6.07, 6.45) is 0.792. The van der Waals surface area contributed by atoms with Gasteiger partial charge < -0.3 is 20.1 Å². The van der Waals surface area contributed by atoms with Crippen LogP contribution in [0.1, 0.15) is 37.6 Å². The smallest absolute Gasteiger partial charge is 0.262 e. The highest BCUT2D eigenvalue weighted by molar-refractivity contribution is 5.95. The highest BCUT2D eigenvalue weighted by Crippen LogP contribution is 2.28. The van der Waals surface area contributed by atoms with Crippen LogP contribution >= 0.6 is 0 Å². The molecule has 2 amide bonds. The second kappa shape index (κ2) is 9.21. The third-order valence-corrected chi connectivity index (χ3v) is 4.25. The fraction of sp³-hybridized carbons (Fsp3) is 0.333. The number of methoxy groups -OCH3 is 1. The SMILES string of the molecule is CCC(C)(C)NC(=O)c1ccc(OCC(=O)Nc2ccc(F)cc2)c(OC)c1. The van der Waals surface area contributed by atoms with Gasteiger partial charge in [0, 0.05) is 16.8 Å². The van der Waals surface area contributed by atoms with Crippen LogP contribution in [0.3, 0.4) is 0 Å². The lowest BCUT2D eigenvalue weighted by Gasteiger charge is -2.24. The summed E-state index contributed by atoms with van der Waals surface area (Å²) in [5.74, 6) is -0.323. The van der Waals surface area contributed by atoms with Crippen LogP contribution < -0.4 is 20.1 Å². The van der Waals surface area contributed by atoms with Crippen molar-refractivity contribution in [3.8, 4) is 11.5 Å². The van der Waals surface area contributed by atoms with Gasteiger partial charge in [-0.05, 0) is 62.7 Å². The minimum atomic E-state index is -0.403. The van der Waals surface area contributed by atoms with E-state index in [2.05, 4.69) is 10.6 Å². The van der Waals surface area contributed by atoms with Gasteiger partial charge in [0.15, 0.2) is 18.1 Å². The molecular formula is C21H25FN2O4. The fourth-order valence-electron chi connectivity index (χ4n) is 2.27. The Hall–Kier alpha value is -3.09. The van der Waals surface area contributed by atoms with E-state index >= 15 is 0 Å². The molecule has 2 rings (SSSR count). The maximum Gasteiger partial charge on any atom is 0.262 e. The summed E-state index contributed by atoms with van der Waals surface area (Å²) >= 11 is 0. The molecule has 0 aromatic heterocycles. The van der Waals surface area contributed by atoms with Crippen molar-refractivity contribution in [2.24, 2.45) is 0 Å². The molecule has 0 fully saturated rings. The third-order valence-electron chi connectivity index (χ3n) is 4.25. The third kappa shape index (κ3) is 5.97. The molecule has 0 saturated heterocycles. The lowest BCUT2D eigenvalue weighted by Crippen LogP contribution is -2.42. The van der Waals surface area contributed by atoms with Crippen LogP contribution in [0.15, 0.2) is 42.5 Å². The van der Waals surface area contributed by atoms with Crippen LogP contribution in [0.2, 0.25) is 0 Å². The minimum Gasteiger partial charge on any atom is -0.493 e. The Morgan fingerprint density at radius 3 is 2.36 bits per heavy atom. The Morgan fingerprint density at radius 1 is 1.07 bits per heavy atom. The van der Waals surface area contributed by atoms with Gasteiger partial charge in [0.25, 0.3) is 11.8 Å². The van der Waals surface area contributed by atoms with E-state index in [9.17, 15) is 14.0 Å². The number of hydrogen-bond donors (Lipinski definition) is 2. The maximum absolute atomic E-state index is 12.9. The minimum absolute atomic E-state index is 0.217. The number of carbonyl (C=O) groups excluding carboxylic acids is 2. The summed E-state index contributed by atoms with van der Waals surface area (Å²) < 4.78 is 23.7. The summed E-state index contributed by atoms with van der Waals surface area (Å²) in [4.78, 5) is 24.4. The molecule has 0 bridgehead atoms. The largest absolute Gasteiger partial charge is 0.493 e. The number of rotatable bonds is 8. The Bertz CT molecular complexity index is 835. The van der Waals surface area contributed by atoms with E-state index in [1.807, 2.05) is 20.8 Å². The molecule has 0 spiro atoms. The predicted molar refractivity (Wildman–Crippen MR) is 105 cm³/mol. The second-order valence-corrected chi connectivity index (χ2v) is 6.90. The van der Waals surface area contributed by atoms with Crippen LogP contribution in [0, 0.1) is 5.82 Å². The van der Waals surface area contributed by atoms with Gasteiger partial charge in [-0.3, -0.25) is 9.59 Å². The van der Waals surface area contributed by atoms with Gasteiger partial charge in [-0.15, -0.1) is 0 Å². The van der Waals surface area contributed by atoms with E-state index in [-0.39, 0.29) is 23.9 Å².